The number of ether oxygens (including phenoxy) is 1. The summed E-state index contributed by atoms with van der Waals surface area (Å²) in [5.74, 6) is 1.19. The Balaban J connectivity index is 1.52. The molecule has 1 aliphatic rings. The van der Waals surface area contributed by atoms with Crippen LogP contribution in [0.5, 0.6) is 5.75 Å². The van der Waals surface area contributed by atoms with Crippen LogP contribution in [0.1, 0.15) is 18.3 Å². The first-order valence-corrected chi connectivity index (χ1v) is 12.2. The Kier molecular flexibility index (Phi) is 6.62. The van der Waals surface area contributed by atoms with Crippen molar-refractivity contribution >= 4 is 22.3 Å². The molecule has 5 rings (SSSR count). The monoisotopic (exact) mass is 499 g/mol. The van der Waals surface area contributed by atoms with Gasteiger partial charge in [-0.3, -0.25) is 24.4 Å². The fourth-order valence-corrected chi connectivity index (χ4v) is 4.95. The lowest BCUT2D eigenvalue weighted by atomic mass is 10.1. The van der Waals surface area contributed by atoms with Gasteiger partial charge in [0.15, 0.2) is 0 Å². The van der Waals surface area contributed by atoms with Gasteiger partial charge < -0.3 is 9.64 Å². The van der Waals surface area contributed by atoms with E-state index in [4.69, 9.17) is 9.72 Å². The third-order valence-electron chi connectivity index (χ3n) is 6.89. The second kappa shape index (κ2) is 10.0. The molecule has 0 bridgehead atoms. The topological polar surface area (TPSA) is 93.7 Å². The minimum Gasteiger partial charge on any atom is -0.497 e. The van der Waals surface area contributed by atoms with Crippen molar-refractivity contribution in [1.29, 1.82) is 0 Å². The summed E-state index contributed by atoms with van der Waals surface area (Å²) < 4.78 is 6.93. The second-order valence-electron chi connectivity index (χ2n) is 9.44. The number of non-ortho nitro benzene ring substituents is 1. The van der Waals surface area contributed by atoms with Gasteiger partial charge in [-0.05, 0) is 44.2 Å². The number of fused-ring (bicyclic) bond motifs is 1. The summed E-state index contributed by atoms with van der Waals surface area (Å²) >= 11 is 0. The molecule has 2 heterocycles. The van der Waals surface area contributed by atoms with E-state index < -0.39 is 4.92 Å². The summed E-state index contributed by atoms with van der Waals surface area (Å²) in [5.41, 5.74) is 3.00. The Bertz CT molecular complexity index is 1520. The highest BCUT2D eigenvalue weighted by Gasteiger charge is 2.26. The van der Waals surface area contributed by atoms with Crippen LogP contribution in [0.15, 0.2) is 71.5 Å². The van der Waals surface area contributed by atoms with Crippen LogP contribution in [-0.4, -0.2) is 52.2 Å². The maximum atomic E-state index is 13.7. The number of hydrogen-bond donors (Lipinski definition) is 0. The van der Waals surface area contributed by atoms with Crippen molar-refractivity contribution in [2.75, 3.05) is 31.6 Å². The zero-order valence-corrected chi connectivity index (χ0v) is 21.1. The summed E-state index contributed by atoms with van der Waals surface area (Å²) in [7, 11) is 1.57. The molecule has 0 spiro atoms. The van der Waals surface area contributed by atoms with Gasteiger partial charge in [0.05, 0.1) is 35.2 Å². The number of nitrogens with zero attached hydrogens (tertiary/aromatic N) is 5. The molecule has 0 radical (unpaired) electrons. The highest BCUT2D eigenvalue weighted by molar-refractivity contribution is 5.80. The molecule has 0 amide bonds. The van der Waals surface area contributed by atoms with E-state index in [0.717, 1.165) is 19.6 Å². The predicted molar refractivity (Wildman–Crippen MR) is 144 cm³/mol. The Labute approximate surface area is 214 Å². The van der Waals surface area contributed by atoms with Crippen molar-refractivity contribution < 1.29 is 9.66 Å². The smallest absolute Gasteiger partial charge is 0.270 e. The maximum Gasteiger partial charge on any atom is 0.270 e. The molecular weight excluding hydrogens is 470 g/mol. The van der Waals surface area contributed by atoms with Crippen LogP contribution in [0, 0.1) is 17.0 Å². The number of benzene rings is 3. The molecule has 9 heteroatoms. The fourth-order valence-electron chi connectivity index (χ4n) is 4.95. The van der Waals surface area contributed by atoms with Gasteiger partial charge >= 0.3 is 0 Å². The highest BCUT2D eigenvalue weighted by Crippen LogP contribution is 2.24. The normalized spacial score (nSPS) is 16.2. The first-order chi connectivity index (χ1) is 17.8. The van der Waals surface area contributed by atoms with Crippen LogP contribution in [0.2, 0.25) is 0 Å². The maximum absolute atomic E-state index is 13.7. The van der Waals surface area contributed by atoms with Crippen molar-refractivity contribution in [3.05, 3.63) is 98.6 Å². The van der Waals surface area contributed by atoms with E-state index >= 15 is 0 Å². The molecule has 1 saturated heterocycles. The minimum absolute atomic E-state index is 0.141. The number of anilines is 1. The molecule has 0 aliphatic carbocycles. The molecule has 0 saturated carbocycles. The van der Waals surface area contributed by atoms with Gasteiger partial charge in [0.25, 0.3) is 11.2 Å². The Morgan fingerprint density at radius 1 is 1.05 bits per heavy atom. The zero-order valence-electron chi connectivity index (χ0n) is 21.1. The standard InChI is InChI=1S/C28H29N5O4/c1-19-7-9-21(10-8-19)31-14-13-30(17-20(31)2)18-27-29-26-12-11-23(33(35)36)16-25(26)28(34)32(27)22-5-4-6-24(15-22)37-3/h4-12,15-16,20H,13-14,17-18H2,1-3H3. The van der Waals surface area contributed by atoms with E-state index in [0.29, 0.717) is 29.3 Å². The van der Waals surface area contributed by atoms with Gasteiger partial charge in [-0.1, -0.05) is 23.8 Å². The molecule has 0 N–H and O–H groups in total. The van der Waals surface area contributed by atoms with Crippen LogP contribution < -0.4 is 15.2 Å². The number of hydrogen-bond acceptors (Lipinski definition) is 7. The van der Waals surface area contributed by atoms with Gasteiger partial charge in [-0.25, -0.2) is 4.98 Å². The van der Waals surface area contributed by atoms with Crippen molar-refractivity contribution in [2.24, 2.45) is 0 Å². The van der Waals surface area contributed by atoms with Gasteiger partial charge in [0.2, 0.25) is 0 Å². The largest absolute Gasteiger partial charge is 0.497 e. The Hall–Kier alpha value is -4.24. The first-order valence-electron chi connectivity index (χ1n) is 12.2. The Morgan fingerprint density at radius 2 is 1.84 bits per heavy atom. The highest BCUT2D eigenvalue weighted by atomic mass is 16.6. The van der Waals surface area contributed by atoms with E-state index in [-0.39, 0.29) is 22.7 Å². The molecule has 1 unspecified atom stereocenters. The molecule has 1 aliphatic heterocycles. The average molecular weight is 500 g/mol. The van der Waals surface area contributed by atoms with Crippen molar-refractivity contribution in [3.8, 4) is 11.4 Å². The summed E-state index contributed by atoms with van der Waals surface area (Å²) in [6.45, 7) is 7.22. The molecule has 4 aromatic rings. The van der Waals surface area contributed by atoms with E-state index in [9.17, 15) is 14.9 Å². The first kappa shape index (κ1) is 24.5. The molecule has 190 valence electrons. The van der Waals surface area contributed by atoms with Crippen molar-refractivity contribution in [1.82, 2.24) is 14.5 Å². The summed E-state index contributed by atoms with van der Waals surface area (Å²) in [6.07, 6.45) is 0. The number of aryl methyl sites for hydroxylation is 1. The lowest BCUT2D eigenvalue weighted by Crippen LogP contribution is -2.52. The molecule has 3 aromatic carbocycles. The van der Waals surface area contributed by atoms with Gasteiger partial charge in [-0.2, -0.15) is 0 Å². The third kappa shape index (κ3) is 4.90. The quantitative estimate of drug-likeness (QED) is 0.288. The number of rotatable bonds is 6. The molecular formula is C28H29N5O4. The number of piperazine rings is 1. The van der Waals surface area contributed by atoms with Crippen molar-refractivity contribution in [3.63, 3.8) is 0 Å². The van der Waals surface area contributed by atoms with Gasteiger partial charge in [-0.15, -0.1) is 0 Å². The predicted octanol–water partition coefficient (Wildman–Crippen LogP) is 4.32. The second-order valence-corrected chi connectivity index (χ2v) is 9.44. The van der Waals surface area contributed by atoms with Crippen LogP contribution >= 0.6 is 0 Å². The molecule has 9 nitrogen and oxygen atoms in total. The number of nitro groups is 1. The van der Waals surface area contributed by atoms with Crippen LogP contribution in [-0.2, 0) is 6.54 Å². The third-order valence-corrected chi connectivity index (χ3v) is 6.89. The van der Waals surface area contributed by atoms with Crippen LogP contribution in [0.25, 0.3) is 16.6 Å². The van der Waals surface area contributed by atoms with E-state index in [2.05, 4.69) is 47.9 Å². The SMILES string of the molecule is COc1cccc(-n2c(CN3CCN(c4ccc(C)cc4)C(C)C3)nc3ccc([N+](=O)[O-])cc3c2=O)c1. The number of nitro benzene ring substituents is 1. The molecule has 1 atom stereocenters. The van der Waals surface area contributed by atoms with Gasteiger partial charge in [0.1, 0.15) is 11.6 Å². The average Bonchev–Trinajstić information content (AvgIpc) is 2.89. The van der Waals surface area contributed by atoms with Crippen molar-refractivity contribution in [2.45, 2.75) is 26.4 Å². The molecule has 1 fully saturated rings. The van der Waals surface area contributed by atoms with Gasteiger partial charge in [0, 0.05) is 49.6 Å². The summed E-state index contributed by atoms with van der Waals surface area (Å²) in [5, 5.41) is 11.6. The van der Waals surface area contributed by atoms with E-state index in [1.165, 1.54) is 23.4 Å². The van der Waals surface area contributed by atoms with Crippen LogP contribution in [0.4, 0.5) is 11.4 Å². The molecule has 1 aromatic heterocycles. The van der Waals surface area contributed by atoms with E-state index in [1.807, 2.05) is 12.1 Å². The number of aromatic nitrogens is 2. The zero-order chi connectivity index (χ0) is 26.1. The minimum atomic E-state index is -0.502. The Morgan fingerprint density at radius 3 is 2.54 bits per heavy atom. The lowest BCUT2D eigenvalue weighted by Gasteiger charge is -2.41. The van der Waals surface area contributed by atoms with E-state index in [1.54, 1.807) is 29.9 Å². The van der Waals surface area contributed by atoms with Crippen LogP contribution in [0.3, 0.4) is 0 Å². The molecule has 37 heavy (non-hydrogen) atoms. The lowest BCUT2D eigenvalue weighted by molar-refractivity contribution is -0.384. The number of methoxy groups -OCH3 is 1. The summed E-state index contributed by atoms with van der Waals surface area (Å²) in [6, 6.07) is 20.3. The summed E-state index contributed by atoms with van der Waals surface area (Å²) in [4.78, 5) is 34.1. The fraction of sp³-hybridized carbons (Fsp3) is 0.286.